The van der Waals surface area contributed by atoms with E-state index in [0.717, 1.165) is 16.0 Å². The van der Waals surface area contributed by atoms with Crippen LogP contribution in [-0.4, -0.2) is 62.4 Å². The first-order valence-electron chi connectivity index (χ1n) is 15.2. The third kappa shape index (κ3) is 7.90. The Morgan fingerprint density at radius 3 is 2.09 bits per heavy atom. The van der Waals surface area contributed by atoms with Crippen LogP contribution in [0.3, 0.4) is 0 Å². The Morgan fingerprint density at radius 1 is 0.848 bits per heavy atom. The highest BCUT2D eigenvalue weighted by atomic mass is 16.4. The molecule has 4 N–H and O–H groups in total. The summed E-state index contributed by atoms with van der Waals surface area (Å²) in [5, 5.41) is 18.0. The molecule has 0 unspecified atom stereocenters. The molecule has 3 aromatic carbocycles. The van der Waals surface area contributed by atoms with Crippen molar-refractivity contribution in [2.75, 3.05) is 10.6 Å². The molecular weight excluding hydrogens is 586 g/mol. The number of urea groups is 2. The van der Waals surface area contributed by atoms with Gasteiger partial charge >= 0.3 is 18.0 Å². The number of nitrogens with one attached hydrogen (secondary N) is 3. The lowest BCUT2D eigenvalue weighted by atomic mass is 9.98. The quantitative estimate of drug-likeness (QED) is 0.198. The zero-order chi connectivity index (χ0) is 33.6. The van der Waals surface area contributed by atoms with Gasteiger partial charge in [-0.3, -0.25) is 9.59 Å². The molecular formula is C35H41N5O6. The van der Waals surface area contributed by atoms with Crippen molar-refractivity contribution in [3.05, 3.63) is 95.6 Å². The van der Waals surface area contributed by atoms with Crippen molar-refractivity contribution < 1.29 is 29.1 Å². The summed E-state index contributed by atoms with van der Waals surface area (Å²) in [6, 6.07) is 19.8. The molecule has 4 rings (SSSR count). The van der Waals surface area contributed by atoms with Gasteiger partial charge in [-0.15, -0.1) is 0 Å². The molecule has 0 aliphatic carbocycles. The van der Waals surface area contributed by atoms with Crippen molar-refractivity contribution in [1.29, 1.82) is 0 Å². The molecule has 0 aromatic heterocycles. The summed E-state index contributed by atoms with van der Waals surface area (Å²) in [6.45, 7) is 8.95. The summed E-state index contributed by atoms with van der Waals surface area (Å²) in [5.41, 5.74) is 2.32. The van der Waals surface area contributed by atoms with Crippen LogP contribution in [0.15, 0.2) is 78.9 Å². The molecule has 11 heteroatoms. The maximum atomic E-state index is 13.9. The summed E-state index contributed by atoms with van der Waals surface area (Å²) < 4.78 is 0. The first kappa shape index (κ1) is 33.7. The fourth-order valence-electron chi connectivity index (χ4n) is 5.37. The first-order valence-corrected chi connectivity index (χ1v) is 15.2. The van der Waals surface area contributed by atoms with Crippen LogP contribution in [0.2, 0.25) is 0 Å². The smallest absolute Gasteiger partial charge is 0.328 e. The molecule has 0 spiro atoms. The van der Waals surface area contributed by atoms with Gasteiger partial charge in [-0.25, -0.2) is 19.3 Å². The molecule has 6 amide bonds. The van der Waals surface area contributed by atoms with Crippen LogP contribution in [0.5, 0.6) is 0 Å². The molecule has 0 radical (unpaired) electrons. The predicted octanol–water partition coefficient (Wildman–Crippen LogP) is 5.41. The van der Waals surface area contributed by atoms with Gasteiger partial charge in [0.25, 0.3) is 5.91 Å². The molecule has 46 heavy (non-hydrogen) atoms. The number of amides is 6. The second-order valence-corrected chi connectivity index (χ2v) is 12.4. The lowest BCUT2D eigenvalue weighted by molar-refractivity contribution is -0.143. The van der Waals surface area contributed by atoms with Gasteiger partial charge in [0.1, 0.15) is 17.6 Å². The van der Waals surface area contributed by atoms with E-state index in [0.29, 0.717) is 16.9 Å². The van der Waals surface area contributed by atoms with Crippen LogP contribution >= 0.6 is 0 Å². The number of rotatable bonds is 12. The molecule has 0 saturated carbocycles. The molecule has 3 aromatic rings. The van der Waals surface area contributed by atoms with E-state index in [-0.39, 0.29) is 25.3 Å². The number of carbonyl (C=O) groups is 5. The van der Waals surface area contributed by atoms with Crippen LogP contribution < -0.4 is 16.0 Å². The minimum absolute atomic E-state index is 0.0498. The van der Waals surface area contributed by atoms with Gasteiger partial charge in [0.05, 0.1) is 0 Å². The summed E-state index contributed by atoms with van der Waals surface area (Å²) in [4.78, 5) is 68.2. The van der Waals surface area contributed by atoms with E-state index in [1.54, 1.807) is 62.4 Å². The maximum absolute atomic E-state index is 13.9. The number of hydrogen-bond acceptors (Lipinski definition) is 5. The highest BCUT2D eigenvalue weighted by molar-refractivity contribution is 6.09. The minimum Gasteiger partial charge on any atom is -0.480 e. The largest absolute Gasteiger partial charge is 0.480 e. The lowest BCUT2D eigenvalue weighted by Gasteiger charge is -2.28. The molecule has 0 bridgehead atoms. The third-order valence-electron chi connectivity index (χ3n) is 8.01. The standard InChI is InChI=1S/C35H41N5O6/c1-22(2)19-29(30(41)37-28(31(42)43)20-24-12-7-6-8-13-24)40-32(44)35(4,5)39(34(40)46)21-25-15-17-26(18-16-25)36-33(45)38-27-14-10-9-11-23(27)3/h6-18,22,28-29H,19-21H2,1-5H3,(H,37,41)(H,42,43)(H2,36,38,45)/t28-,29-/m0/s1. The Morgan fingerprint density at radius 2 is 1.48 bits per heavy atom. The zero-order valence-corrected chi connectivity index (χ0v) is 26.7. The molecule has 11 nitrogen and oxygen atoms in total. The van der Waals surface area contributed by atoms with Crippen molar-refractivity contribution in [2.45, 2.75) is 71.6 Å². The number of benzene rings is 3. The summed E-state index contributed by atoms with van der Waals surface area (Å²) in [6.07, 6.45) is 0.212. The van der Waals surface area contributed by atoms with Gasteiger partial charge in [-0.1, -0.05) is 74.5 Å². The van der Waals surface area contributed by atoms with Gasteiger partial charge in [-0.05, 0) is 68.0 Å². The first-order chi connectivity index (χ1) is 21.8. The van der Waals surface area contributed by atoms with Crippen LogP contribution in [0.1, 0.15) is 50.8 Å². The van der Waals surface area contributed by atoms with Gasteiger partial charge in [0.15, 0.2) is 0 Å². The Labute approximate surface area is 269 Å². The van der Waals surface area contributed by atoms with E-state index in [1.165, 1.54) is 4.90 Å². The molecule has 242 valence electrons. The zero-order valence-electron chi connectivity index (χ0n) is 26.7. The number of para-hydroxylation sites is 1. The van der Waals surface area contributed by atoms with Crippen molar-refractivity contribution in [2.24, 2.45) is 5.92 Å². The molecule has 2 atom stereocenters. The number of hydrogen-bond donors (Lipinski definition) is 4. The number of aryl methyl sites for hydroxylation is 1. The number of imide groups is 1. The average Bonchev–Trinajstić information content (AvgIpc) is 3.16. The van der Waals surface area contributed by atoms with Gasteiger partial charge < -0.3 is 26.0 Å². The Kier molecular flexibility index (Phi) is 10.5. The SMILES string of the molecule is Cc1ccccc1NC(=O)Nc1ccc(CN2C(=O)N([C@@H](CC(C)C)C(=O)N[C@@H](Cc3ccccc3)C(=O)O)C(=O)C2(C)C)cc1. The molecule has 1 aliphatic rings. The number of nitrogens with zero attached hydrogens (tertiary/aromatic N) is 2. The van der Waals surface area contributed by atoms with E-state index in [4.69, 9.17) is 0 Å². The van der Waals surface area contributed by atoms with Crippen molar-refractivity contribution in [3.8, 4) is 0 Å². The highest BCUT2D eigenvalue weighted by Gasteiger charge is 2.54. The second kappa shape index (κ2) is 14.3. The summed E-state index contributed by atoms with van der Waals surface area (Å²) >= 11 is 0. The fraction of sp³-hybridized carbons (Fsp3) is 0.343. The van der Waals surface area contributed by atoms with Gasteiger partial charge in [0.2, 0.25) is 5.91 Å². The van der Waals surface area contributed by atoms with Gasteiger partial charge in [0, 0.05) is 24.3 Å². The Balaban J connectivity index is 1.48. The van der Waals surface area contributed by atoms with E-state index < -0.39 is 47.5 Å². The fourth-order valence-corrected chi connectivity index (χ4v) is 5.37. The monoisotopic (exact) mass is 627 g/mol. The van der Waals surface area contributed by atoms with E-state index in [9.17, 15) is 29.1 Å². The number of aliphatic carboxylic acids is 1. The molecule has 1 aliphatic heterocycles. The average molecular weight is 628 g/mol. The Hall–Kier alpha value is -5.19. The number of carboxylic acids is 1. The third-order valence-corrected chi connectivity index (χ3v) is 8.01. The van der Waals surface area contributed by atoms with Crippen LogP contribution in [0.4, 0.5) is 21.0 Å². The summed E-state index contributed by atoms with van der Waals surface area (Å²) in [7, 11) is 0. The van der Waals surface area contributed by atoms with E-state index in [2.05, 4.69) is 16.0 Å². The highest BCUT2D eigenvalue weighted by Crippen LogP contribution is 2.33. The maximum Gasteiger partial charge on any atom is 0.328 e. The topological polar surface area (TPSA) is 148 Å². The second-order valence-electron chi connectivity index (χ2n) is 12.4. The molecule has 1 heterocycles. The minimum atomic E-state index is -1.27. The van der Waals surface area contributed by atoms with Crippen LogP contribution in [0, 0.1) is 12.8 Å². The van der Waals surface area contributed by atoms with Gasteiger partial charge in [-0.2, -0.15) is 0 Å². The van der Waals surface area contributed by atoms with Crippen LogP contribution in [0.25, 0.3) is 0 Å². The number of carboxylic acid groups (broad SMARTS) is 1. The number of anilines is 2. The number of carbonyl (C=O) groups excluding carboxylic acids is 4. The normalized spacial score (nSPS) is 15.4. The molecule has 1 saturated heterocycles. The predicted molar refractivity (Wildman–Crippen MR) is 175 cm³/mol. The lowest BCUT2D eigenvalue weighted by Crippen LogP contribution is -2.55. The van der Waals surface area contributed by atoms with Crippen molar-refractivity contribution >= 4 is 41.2 Å². The Bertz CT molecular complexity index is 1590. The molecule has 1 fully saturated rings. The van der Waals surface area contributed by atoms with E-state index in [1.807, 2.05) is 51.1 Å². The van der Waals surface area contributed by atoms with E-state index >= 15 is 0 Å². The van der Waals surface area contributed by atoms with Crippen molar-refractivity contribution in [1.82, 2.24) is 15.1 Å². The van der Waals surface area contributed by atoms with Crippen LogP contribution in [-0.2, 0) is 27.3 Å². The van der Waals surface area contributed by atoms with Crippen molar-refractivity contribution in [3.63, 3.8) is 0 Å². The summed E-state index contributed by atoms with van der Waals surface area (Å²) in [5.74, 6) is -2.53.